The van der Waals surface area contributed by atoms with E-state index in [-0.39, 0.29) is 5.82 Å². The monoisotopic (exact) mass is 240 g/mol. The minimum absolute atomic E-state index is 0.291. The van der Waals surface area contributed by atoms with Crippen molar-refractivity contribution in [1.82, 2.24) is 4.31 Å². The van der Waals surface area contributed by atoms with E-state index in [1.54, 1.807) is 13.0 Å². The lowest BCUT2D eigenvalue weighted by molar-refractivity contribution is 0.145. The van der Waals surface area contributed by atoms with Crippen molar-refractivity contribution in [3.05, 3.63) is 24.0 Å². The molecule has 0 aromatic heterocycles. The molecule has 0 N–H and O–H groups in total. The van der Waals surface area contributed by atoms with Gasteiger partial charge >= 0.3 is 6.09 Å². The largest absolute Gasteiger partial charge is 0.449 e. The Bertz CT molecular complexity index is 450. The number of aliphatic imine (C=N–C) groups is 1. The number of hydrogen-bond donors (Lipinski definition) is 0. The molecule has 84 valence electrons. The minimum atomic E-state index is -0.508. The second kappa shape index (κ2) is 4.52. The Morgan fingerprint density at radius 1 is 1.62 bits per heavy atom. The highest BCUT2D eigenvalue weighted by Gasteiger charge is 2.20. The van der Waals surface area contributed by atoms with E-state index in [0.29, 0.717) is 17.2 Å². The van der Waals surface area contributed by atoms with Crippen LogP contribution in [0.25, 0.3) is 0 Å². The fourth-order valence-electron chi connectivity index (χ4n) is 1.18. The van der Waals surface area contributed by atoms with Crippen LogP contribution in [0.2, 0.25) is 0 Å². The Morgan fingerprint density at radius 2 is 2.44 bits per heavy atom. The molecule has 1 amide bonds. The molecular weight excluding hydrogens is 231 g/mol. The molecule has 1 heterocycles. The Labute approximate surface area is 96.2 Å². The number of carbonyl (C=O) groups is 1. The Balaban J connectivity index is 2.20. The molecule has 1 aliphatic heterocycles. The van der Waals surface area contributed by atoms with Gasteiger partial charge in [0, 0.05) is 11.9 Å². The second-order valence-electron chi connectivity index (χ2n) is 2.97. The number of benzene rings is 1. The summed E-state index contributed by atoms with van der Waals surface area (Å²) >= 11 is 1.09. The maximum Gasteiger partial charge on any atom is 0.425 e. The summed E-state index contributed by atoms with van der Waals surface area (Å²) in [6, 6.07) is 4.23. The van der Waals surface area contributed by atoms with Crippen molar-refractivity contribution in [2.75, 3.05) is 6.61 Å². The summed E-state index contributed by atoms with van der Waals surface area (Å²) in [7, 11) is 0. The third-order valence-electron chi connectivity index (χ3n) is 1.87. The normalized spacial score (nSPS) is 13.5. The van der Waals surface area contributed by atoms with Crippen molar-refractivity contribution in [2.45, 2.75) is 11.8 Å². The molecule has 0 saturated heterocycles. The molecule has 0 fully saturated rings. The molecular formula is C10H9FN2O2S. The number of nitrogens with zero attached hydrogens (tertiary/aromatic N) is 2. The first-order valence-corrected chi connectivity index (χ1v) is 5.45. The van der Waals surface area contributed by atoms with E-state index >= 15 is 0 Å². The van der Waals surface area contributed by atoms with Gasteiger partial charge in [0.1, 0.15) is 12.2 Å². The van der Waals surface area contributed by atoms with Crippen LogP contribution in [0.1, 0.15) is 6.92 Å². The van der Waals surface area contributed by atoms with E-state index in [1.165, 1.54) is 22.8 Å². The highest BCUT2D eigenvalue weighted by Crippen LogP contribution is 2.35. The van der Waals surface area contributed by atoms with Gasteiger partial charge in [-0.25, -0.2) is 18.5 Å². The Morgan fingerprint density at radius 3 is 3.19 bits per heavy atom. The molecule has 16 heavy (non-hydrogen) atoms. The number of ether oxygens (including phenoxy) is 1. The van der Waals surface area contributed by atoms with E-state index in [1.807, 2.05) is 0 Å². The van der Waals surface area contributed by atoms with Gasteiger partial charge in [-0.05, 0) is 25.1 Å². The SMILES string of the molecule is CCOC(=O)N1C=Nc2ccc(F)cc2S1. The molecule has 0 radical (unpaired) electrons. The van der Waals surface area contributed by atoms with Crippen LogP contribution < -0.4 is 0 Å². The molecule has 0 spiro atoms. The average molecular weight is 240 g/mol. The maximum atomic E-state index is 13.0. The fraction of sp³-hybridized carbons (Fsp3) is 0.200. The summed E-state index contributed by atoms with van der Waals surface area (Å²) in [5, 5.41) is 0. The molecule has 0 aliphatic carbocycles. The molecule has 0 unspecified atom stereocenters. The molecule has 1 aromatic carbocycles. The lowest BCUT2D eigenvalue weighted by Gasteiger charge is -2.19. The topological polar surface area (TPSA) is 41.9 Å². The quantitative estimate of drug-likeness (QED) is 0.709. The summed E-state index contributed by atoms with van der Waals surface area (Å²) < 4.78 is 19.0. The van der Waals surface area contributed by atoms with Crippen molar-refractivity contribution in [3.8, 4) is 0 Å². The molecule has 0 saturated carbocycles. The van der Waals surface area contributed by atoms with Gasteiger partial charge in [0.25, 0.3) is 0 Å². The van der Waals surface area contributed by atoms with Crippen molar-refractivity contribution in [1.29, 1.82) is 0 Å². The maximum absolute atomic E-state index is 13.0. The van der Waals surface area contributed by atoms with Gasteiger partial charge in [-0.1, -0.05) is 0 Å². The number of fused-ring (bicyclic) bond motifs is 1. The standard InChI is InChI=1S/C10H9FN2O2S/c1-2-15-10(14)13-6-12-8-4-3-7(11)5-9(8)16-13/h3-6H,2H2,1H3. The van der Waals surface area contributed by atoms with Gasteiger partial charge in [0.2, 0.25) is 0 Å². The van der Waals surface area contributed by atoms with Crippen molar-refractivity contribution in [3.63, 3.8) is 0 Å². The minimum Gasteiger partial charge on any atom is -0.449 e. The lowest BCUT2D eigenvalue weighted by atomic mass is 10.3. The van der Waals surface area contributed by atoms with Crippen LogP contribution in [0.15, 0.2) is 28.1 Å². The zero-order chi connectivity index (χ0) is 11.5. The van der Waals surface area contributed by atoms with Gasteiger partial charge in [-0.15, -0.1) is 0 Å². The van der Waals surface area contributed by atoms with Crippen LogP contribution >= 0.6 is 11.9 Å². The molecule has 4 nitrogen and oxygen atoms in total. The number of halogens is 1. The predicted octanol–water partition coefficient (Wildman–Crippen LogP) is 2.96. The third kappa shape index (κ3) is 2.16. The molecule has 0 bridgehead atoms. The smallest absolute Gasteiger partial charge is 0.425 e. The summed E-state index contributed by atoms with van der Waals surface area (Å²) in [6.07, 6.45) is 0.856. The number of carbonyl (C=O) groups excluding carboxylic acids is 1. The van der Waals surface area contributed by atoms with Crippen molar-refractivity contribution >= 4 is 30.1 Å². The zero-order valence-corrected chi connectivity index (χ0v) is 9.33. The van der Waals surface area contributed by atoms with Crippen LogP contribution in [0.5, 0.6) is 0 Å². The van der Waals surface area contributed by atoms with E-state index in [4.69, 9.17) is 4.74 Å². The number of hydrogen-bond acceptors (Lipinski definition) is 4. The second-order valence-corrected chi connectivity index (χ2v) is 3.99. The summed E-state index contributed by atoms with van der Waals surface area (Å²) in [4.78, 5) is 16.0. The van der Waals surface area contributed by atoms with Crippen LogP contribution in [-0.4, -0.2) is 23.3 Å². The first-order chi connectivity index (χ1) is 7.70. The molecule has 1 aromatic rings. The zero-order valence-electron chi connectivity index (χ0n) is 8.51. The third-order valence-corrected chi connectivity index (χ3v) is 2.83. The molecule has 2 rings (SSSR count). The van der Waals surface area contributed by atoms with E-state index in [0.717, 1.165) is 11.9 Å². The highest BCUT2D eigenvalue weighted by atomic mass is 32.2. The summed E-state index contributed by atoms with van der Waals surface area (Å²) in [5.41, 5.74) is 0.645. The van der Waals surface area contributed by atoms with Gasteiger partial charge in [-0.2, -0.15) is 0 Å². The van der Waals surface area contributed by atoms with Gasteiger partial charge in [0.05, 0.1) is 17.2 Å². The lowest BCUT2D eigenvalue weighted by Crippen LogP contribution is -2.24. The highest BCUT2D eigenvalue weighted by molar-refractivity contribution is 7.98. The summed E-state index contributed by atoms with van der Waals surface area (Å²) in [6.45, 7) is 2.01. The number of rotatable bonds is 1. The van der Waals surface area contributed by atoms with E-state index in [9.17, 15) is 9.18 Å². The van der Waals surface area contributed by atoms with E-state index in [2.05, 4.69) is 4.99 Å². The molecule has 0 atom stereocenters. The molecule has 1 aliphatic rings. The van der Waals surface area contributed by atoms with Gasteiger partial charge in [0.15, 0.2) is 0 Å². The van der Waals surface area contributed by atoms with Gasteiger partial charge in [-0.3, -0.25) is 0 Å². The van der Waals surface area contributed by atoms with E-state index < -0.39 is 6.09 Å². The van der Waals surface area contributed by atoms with Crippen molar-refractivity contribution in [2.24, 2.45) is 4.99 Å². The number of amides is 1. The van der Waals surface area contributed by atoms with Crippen LogP contribution in [0.3, 0.4) is 0 Å². The van der Waals surface area contributed by atoms with Crippen molar-refractivity contribution < 1.29 is 13.9 Å². The molecule has 6 heteroatoms. The first kappa shape index (κ1) is 10.9. The summed E-state index contributed by atoms with van der Waals surface area (Å²) in [5.74, 6) is -0.354. The first-order valence-electron chi connectivity index (χ1n) is 4.68. The average Bonchev–Trinajstić information content (AvgIpc) is 2.28. The fourth-order valence-corrected chi connectivity index (χ4v) is 2.00. The van der Waals surface area contributed by atoms with Crippen LogP contribution in [-0.2, 0) is 4.74 Å². The predicted molar refractivity (Wildman–Crippen MR) is 59.3 cm³/mol. The van der Waals surface area contributed by atoms with Crippen LogP contribution in [0, 0.1) is 5.82 Å². The Kier molecular flexibility index (Phi) is 3.09. The van der Waals surface area contributed by atoms with Gasteiger partial charge < -0.3 is 4.74 Å². The Hall–Kier alpha value is -1.56. The van der Waals surface area contributed by atoms with Crippen LogP contribution in [0.4, 0.5) is 14.9 Å².